The molecule has 0 atom stereocenters. The lowest BCUT2D eigenvalue weighted by atomic mass is 9.89. The van der Waals surface area contributed by atoms with E-state index in [0.29, 0.717) is 5.56 Å². The molecule has 2 heterocycles. The van der Waals surface area contributed by atoms with Crippen LogP contribution in [0.3, 0.4) is 0 Å². The molecule has 1 aromatic heterocycles. The minimum absolute atomic E-state index is 0.236. The van der Waals surface area contributed by atoms with Crippen LogP contribution in [-0.2, 0) is 9.31 Å². The molecule has 0 radical (unpaired) electrons. The Morgan fingerprint density at radius 1 is 1.20 bits per heavy atom. The summed E-state index contributed by atoms with van der Waals surface area (Å²) < 4.78 is 37.2. The fourth-order valence-electron chi connectivity index (χ4n) is 1.90. The van der Waals surface area contributed by atoms with E-state index in [1.165, 1.54) is 6.20 Å². The van der Waals surface area contributed by atoms with E-state index in [4.69, 9.17) is 9.31 Å². The molecule has 108 valence electrons. The molecule has 1 aliphatic rings. The van der Waals surface area contributed by atoms with Crippen molar-refractivity contribution >= 4 is 13.2 Å². The number of pyridine rings is 1. The van der Waals surface area contributed by atoms with Crippen LogP contribution in [0.25, 0.3) is 6.08 Å². The molecule has 1 fully saturated rings. The third kappa shape index (κ3) is 2.91. The number of hydrogen-bond acceptors (Lipinski definition) is 3. The van der Waals surface area contributed by atoms with Crippen LogP contribution in [0.2, 0.25) is 0 Å². The van der Waals surface area contributed by atoms with Crippen LogP contribution in [0.1, 0.15) is 45.4 Å². The van der Waals surface area contributed by atoms with Gasteiger partial charge in [0.15, 0.2) is 0 Å². The molecule has 0 unspecified atom stereocenters. The molecule has 1 aliphatic heterocycles. The Hall–Kier alpha value is -1.27. The number of alkyl halides is 2. The van der Waals surface area contributed by atoms with Gasteiger partial charge < -0.3 is 9.31 Å². The third-order valence-electron chi connectivity index (χ3n) is 3.78. The zero-order valence-corrected chi connectivity index (χ0v) is 12.1. The van der Waals surface area contributed by atoms with Gasteiger partial charge in [-0.2, -0.15) is 0 Å². The average molecular weight is 281 g/mol. The zero-order chi connectivity index (χ0) is 15.0. The minimum atomic E-state index is -2.60. The summed E-state index contributed by atoms with van der Waals surface area (Å²) in [6, 6.07) is 3.21. The highest BCUT2D eigenvalue weighted by atomic mass is 19.3. The SMILES string of the molecule is CC1(C)OB(/C=C/c2cccnc2C(F)F)OC1(C)C. The van der Waals surface area contributed by atoms with E-state index in [2.05, 4.69) is 4.98 Å². The van der Waals surface area contributed by atoms with Crippen molar-refractivity contribution in [2.75, 3.05) is 0 Å². The second-order valence-electron chi connectivity index (χ2n) is 5.76. The molecule has 20 heavy (non-hydrogen) atoms. The molecular formula is C14H18BF2NO2. The number of rotatable bonds is 3. The number of aromatic nitrogens is 1. The first-order chi connectivity index (χ1) is 9.23. The molecular weight excluding hydrogens is 263 g/mol. The van der Waals surface area contributed by atoms with E-state index in [0.717, 1.165) is 0 Å². The summed E-state index contributed by atoms with van der Waals surface area (Å²) >= 11 is 0. The van der Waals surface area contributed by atoms with Crippen molar-refractivity contribution in [3.8, 4) is 0 Å². The largest absolute Gasteiger partial charge is 0.487 e. The fourth-order valence-corrected chi connectivity index (χ4v) is 1.90. The van der Waals surface area contributed by atoms with Crippen LogP contribution >= 0.6 is 0 Å². The highest BCUT2D eigenvalue weighted by molar-refractivity contribution is 6.52. The number of hydrogen-bond donors (Lipinski definition) is 0. The first kappa shape index (κ1) is 15.1. The molecule has 1 aromatic rings. The van der Waals surface area contributed by atoms with Crippen LogP contribution in [0, 0.1) is 0 Å². The molecule has 6 heteroatoms. The topological polar surface area (TPSA) is 31.4 Å². The Morgan fingerprint density at radius 2 is 1.80 bits per heavy atom. The fraction of sp³-hybridized carbons (Fsp3) is 0.500. The Kier molecular flexibility index (Phi) is 3.98. The molecule has 0 bridgehead atoms. The van der Waals surface area contributed by atoms with Crippen LogP contribution in [0.15, 0.2) is 24.3 Å². The summed E-state index contributed by atoms with van der Waals surface area (Å²) in [6.45, 7) is 7.76. The van der Waals surface area contributed by atoms with Gasteiger partial charge in [0.25, 0.3) is 6.43 Å². The maximum absolute atomic E-state index is 12.8. The molecule has 2 rings (SSSR count). The summed E-state index contributed by atoms with van der Waals surface area (Å²) in [6.07, 6.45) is 0.318. The van der Waals surface area contributed by atoms with Gasteiger partial charge in [0.2, 0.25) is 0 Å². The Balaban J connectivity index is 2.16. The molecule has 0 aliphatic carbocycles. The third-order valence-corrected chi connectivity index (χ3v) is 3.78. The van der Waals surface area contributed by atoms with Gasteiger partial charge in [0.05, 0.1) is 11.2 Å². The second kappa shape index (κ2) is 5.26. The van der Waals surface area contributed by atoms with E-state index in [-0.39, 0.29) is 5.69 Å². The van der Waals surface area contributed by atoms with Crippen molar-refractivity contribution in [3.05, 3.63) is 35.6 Å². The van der Waals surface area contributed by atoms with Crippen LogP contribution in [0.5, 0.6) is 0 Å². The predicted molar refractivity (Wildman–Crippen MR) is 74.3 cm³/mol. The lowest BCUT2D eigenvalue weighted by Gasteiger charge is -2.32. The standard InChI is InChI=1S/C14H18BF2NO2/c1-13(2)14(3,4)20-15(19-13)8-7-10-6-5-9-18-11(10)12(16)17/h5-9,12H,1-4H3/b8-7+. The van der Waals surface area contributed by atoms with Crippen molar-refractivity contribution in [2.24, 2.45) is 0 Å². The molecule has 1 saturated heterocycles. The Bertz CT molecular complexity index is 502. The maximum atomic E-state index is 12.8. The maximum Gasteiger partial charge on any atom is 0.487 e. The Labute approximate surface area is 118 Å². The molecule has 3 nitrogen and oxygen atoms in total. The first-order valence-electron chi connectivity index (χ1n) is 6.50. The Morgan fingerprint density at radius 3 is 2.35 bits per heavy atom. The smallest absolute Gasteiger partial charge is 0.400 e. The highest BCUT2D eigenvalue weighted by Crippen LogP contribution is 2.37. The molecule has 0 saturated carbocycles. The van der Waals surface area contributed by atoms with E-state index in [1.807, 2.05) is 27.7 Å². The lowest BCUT2D eigenvalue weighted by Crippen LogP contribution is -2.41. The van der Waals surface area contributed by atoms with E-state index in [9.17, 15) is 8.78 Å². The summed E-state index contributed by atoms with van der Waals surface area (Å²) in [5, 5.41) is 0. The van der Waals surface area contributed by atoms with Crippen molar-refractivity contribution in [1.29, 1.82) is 0 Å². The zero-order valence-electron chi connectivity index (χ0n) is 12.1. The highest BCUT2D eigenvalue weighted by Gasteiger charge is 2.50. The van der Waals surface area contributed by atoms with Gasteiger partial charge in [-0.25, -0.2) is 8.78 Å². The molecule has 0 amide bonds. The van der Waals surface area contributed by atoms with Gasteiger partial charge in [-0.15, -0.1) is 0 Å². The second-order valence-corrected chi connectivity index (χ2v) is 5.76. The van der Waals surface area contributed by atoms with Crippen molar-refractivity contribution < 1.29 is 18.1 Å². The van der Waals surface area contributed by atoms with Gasteiger partial charge in [-0.1, -0.05) is 18.1 Å². The monoisotopic (exact) mass is 281 g/mol. The van der Waals surface area contributed by atoms with E-state index < -0.39 is 24.7 Å². The summed E-state index contributed by atoms with van der Waals surface area (Å²) in [7, 11) is -0.550. The summed E-state index contributed by atoms with van der Waals surface area (Å²) in [4.78, 5) is 3.70. The normalized spacial score (nSPS) is 21.1. The van der Waals surface area contributed by atoms with Gasteiger partial charge in [0.1, 0.15) is 5.69 Å². The van der Waals surface area contributed by atoms with Crippen LogP contribution in [-0.4, -0.2) is 23.3 Å². The number of halogens is 2. The van der Waals surface area contributed by atoms with Gasteiger partial charge in [0, 0.05) is 11.8 Å². The van der Waals surface area contributed by atoms with Gasteiger partial charge >= 0.3 is 7.12 Å². The van der Waals surface area contributed by atoms with Crippen molar-refractivity contribution in [2.45, 2.75) is 45.3 Å². The van der Waals surface area contributed by atoms with Gasteiger partial charge in [-0.3, -0.25) is 4.98 Å². The average Bonchev–Trinajstić information content (AvgIpc) is 2.55. The van der Waals surface area contributed by atoms with Crippen LogP contribution in [0.4, 0.5) is 8.78 Å². The first-order valence-corrected chi connectivity index (χ1v) is 6.50. The van der Waals surface area contributed by atoms with E-state index in [1.54, 1.807) is 24.2 Å². The lowest BCUT2D eigenvalue weighted by molar-refractivity contribution is 0.00578. The van der Waals surface area contributed by atoms with Crippen molar-refractivity contribution in [1.82, 2.24) is 4.98 Å². The van der Waals surface area contributed by atoms with Crippen molar-refractivity contribution in [3.63, 3.8) is 0 Å². The molecule has 0 spiro atoms. The van der Waals surface area contributed by atoms with E-state index >= 15 is 0 Å². The van der Waals surface area contributed by atoms with Crippen LogP contribution < -0.4 is 0 Å². The number of nitrogens with zero attached hydrogens (tertiary/aromatic N) is 1. The molecule has 0 aromatic carbocycles. The summed E-state index contributed by atoms with van der Waals surface area (Å²) in [5.41, 5.74) is -0.747. The quantitative estimate of drug-likeness (QED) is 0.792. The minimum Gasteiger partial charge on any atom is -0.400 e. The predicted octanol–water partition coefficient (Wildman–Crippen LogP) is 3.66. The molecule has 0 N–H and O–H groups in total. The summed E-state index contributed by atoms with van der Waals surface area (Å²) in [5.74, 6) is 1.64. The van der Waals surface area contributed by atoms with Gasteiger partial charge in [-0.05, 0) is 33.8 Å².